The van der Waals surface area contributed by atoms with E-state index in [1.165, 1.54) is 0 Å². The molecule has 0 aromatic carbocycles. The molecule has 0 amide bonds. The van der Waals surface area contributed by atoms with Gasteiger partial charge in [-0.2, -0.15) is 0 Å². The van der Waals surface area contributed by atoms with Gasteiger partial charge in [0.25, 0.3) is 0 Å². The normalized spacial score (nSPS) is 5.90. The minimum absolute atomic E-state index is 0. The summed E-state index contributed by atoms with van der Waals surface area (Å²) in [6, 6.07) is 0. The maximum Gasteiger partial charge on any atom is 0 e. The van der Waals surface area contributed by atoms with Crippen molar-refractivity contribution in [1.29, 1.82) is 0 Å². The largest absolute Gasteiger partial charge is 0 e. The van der Waals surface area contributed by atoms with Gasteiger partial charge in [0.05, 0.1) is 0 Å². The number of rotatable bonds is 0. The van der Waals surface area contributed by atoms with Gasteiger partial charge in [-0.3, -0.25) is 0 Å². The van der Waals surface area contributed by atoms with Gasteiger partial charge < -0.3 is 14.7 Å². The first-order valence-electron chi connectivity index (χ1n) is 0.783. The molecule has 0 aromatic rings. The van der Waals surface area contributed by atoms with Gasteiger partial charge >= 0.3 is 26.7 Å². The zero-order chi connectivity index (χ0) is 4.50. The van der Waals surface area contributed by atoms with E-state index in [4.69, 9.17) is 19.2 Å². The van der Waals surface area contributed by atoms with Crippen LogP contribution < -0.4 is 0 Å². The van der Waals surface area contributed by atoms with E-state index in [0.717, 1.165) is 0 Å². The molecule has 0 unspecified atom stereocenters. The monoisotopic (exact) mass is 325 g/mol. The maximum absolute atomic E-state index is 8.88. The van der Waals surface area contributed by atoms with E-state index in [9.17, 15) is 0 Å². The Morgan fingerprint density at radius 2 is 1.00 bits per heavy atom. The van der Waals surface area contributed by atoms with Gasteiger partial charge in [0.2, 0.25) is 0 Å². The molecule has 0 atom stereocenters. The third kappa shape index (κ3) is 106. The summed E-state index contributed by atoms with van der Waals surface area (Å²) in [6.45, 7) is 0. The Hall–Kier alpha value is 3.41. The van der Waals surface area contributed by atoms with Crippen molar-refractivity contribution in [2.45, 2.75) is 0 Å². The molecule has 0 rings (SSSR count). The molecular weight excluding hydrogens is 318 g/mol. The second kappa shape index (κ2) is 18.2. The van der Waals surface area contributed by atoms with Crippen LogP contribution in [-0.2, 0) is 70.4 Å². The Morgan fingerprint density at radius 1 is 1.00 bits per heavy atom. The van der Waals surface area contributed by atoms with Crippen molar-refractivity contribution in [1.82, 2.24) is 0 Å². The van der Waals surface area contributed by atoms with Crippen molar-refractivity contribution in [3.05, 3.63) is 0 Å². The summed E-state index contributed by atoms with van der Waals surface area (Å²) in [5.41, 5.74) is 0. The fraction of sp³-hybridized carbons (Fsp3) is 0. The van der Waals surface area contributed by atoms with Crippen LogP contribution in [0, 0.1) is 0 Å². The molecule has 0 saturated carbocycles. The third-order valence-electron chi connectivity index (χ3n) is 0. The predicted molar refractivity (Wildman–Crippen MR) is 31.4 cm³/mol. The molecule has 0 spiro atoms. The summed E-state index contributed by atoms with van der Waals surface area (Å²) < 4.78 is 8.88. The Bertz CT molecular complexity index is 69.4. The summed E-state index contributed by atoms with van der Waals surface area (Å²) in [5.74, 6) is 0. The number of phosphoric acid groups is 1. The summed E-state index contributed by atoms with van der Waals surface area (Å²) in [4.78, 5) is 21.6. The molecule has 0 aliphatic heterocycles. The van der Waals surface area contributed by atoms with Crippen molar-refractivity contribution in [2.24, 2.45) is 0 Å². The van der Waals surface area contributed by atoms with E-state index < -0.39 is 7.82 Å². The van der Waals surface area contributed by atoms with Crippen LogP contribution in [0.5, 0.6) is 0 Å². The Balaban J connectivity index is -0.00000000800. The van der Waals surface area contributed by atoms with Crippen LogP contribution >= 0.6 is 7.82 Å². The SMILES string of the molecule is O=P(O)(O)O.[AlH3].[LiH].[Nb].[Ti].[Ti]. The number of hydrogen-bond donors (Lipinski definition) is 3. The van der Waals surface area contributed by atoms with Crippen molar-refractivity contribution in [3.8, 4) is 0 Å². The first kappa shape index (κ1) is 37.6. The van der Waals surface area contributed by atoms with Gasteiger partial charge in [-0.05, 0) is 0 Å². The molecule has 53 valence electrons. The summed E-state index contributed by atoms with van der Waals surface area (Å²) in [6.07, 6.45) is 0. The Kier molecular flexibility index (Phi) is 68.6. The minimum Gasteiger partial charge on any atom is 0 e. The van der Waals surface area contributed by atoms with Crippen LogP contribution in [0.25, 0.3) is 0 Å². The molecule has 0 bridgehead atoms. The van der Waals surface area contributed by atoms with Gasteiger partial charge in [-0.25, -0.2) is 4.57 Å². The first-order chi connectivity index (χ1) is 2.00. The van der Waals surface area contributed by atoms with E-state index in [0.29, 0.717) is 0 Å². The van der Waals surface area contributed by atoms with E-state index >= 15 is 0 Å². The molecule has 0 aromatic heterocycles. The van der Waals surface area contributed by atoms with Crippen LogP contribution in [0.4, 0.5) is 0 Å². The fourth-order valence-electron chi connectivity index (χ4n) is 0. The average molecular weight is 325 g/mol. The second-order valence-electron chi connectivity index (χ2n) is 0.513. The molecule has 0 heterocycles. The molecule has 3 N–H and O–H groups in total. The molecule has 0 aliphatic rings. The van der Waals surface area contributed by atoms with Crippen LogP contribution in [0.15, 0.2) is 0 Å². The fourth-order valence-corrected chi connectivity index (χ4v) is 0. The van der Waals surface area contributed by atoms with Gasteiger partial charge in [-0.1, -0.05) is 0 Å². The van der Waals surface area contributed by atoms with Crippen molar-refractivity contribution >= 4 is 44.0 Å². The molecule has 0 fully saturated rings. The molecular formula is H7AlLiNbO4PTi2. The van der Waals surface area contributed by atoms with Gasteiger partial charge in [-0.15, -0.1) is 0 Å². The number of hydrogen-bond acceptors (Lipinski definition) is 1. The van der Waals surface area contributed by atoms with Crippen molar-refractivity contribution < 1.29 is 85.1 Å². The Morgan fingerprint density at radius 3 is 1.00 bits per heavy atom. The zero-order valence-corrected chi connectivity index (χ0v) is 9.86. The summed E-state index contributed by atoms with van der Waals surface area (Å²) >= 11 is 0. The van der Waals surface area contributed by atoms with Crippen LogP contribution in [0.1, 0.15) is 0 Å². The van der Waals surface area contributed by atoms with Crippen LogP contribution in [0.2, 0.25) is 0 Å². The molecule has 10 heteroatoms. The zero-order valence-electron chi connectivity index (χ0n) is 3.64. The molecule has 0 aliphatic carbocycles. The molecule has 10 heavy (non-hydrogen) atoms. The van der Waals surface area contributed by atoms with Crippen molar-refractivity contribution in [3.63, 3.8) is 0 Å². The van der Waals surface area contributed by atoms with E-state index in [-0.39, 0.29) is 102 Å². The van der Waals surface area contributed by atoms with Crippen LogP contribution in [-0.4, -0.2) is 50.9 Å². The molecule has 0 saturated heterocycles. The average Bonchev–Trinajstić information content (AvgIpc) is 0.722. The standard InChI is InChI=1S/Al.Li.Nb.H3O4P.2Ti.4H/c;;;1-5(2,3)4;;;;;;/h;;;(H3,1,2,3,4);;;;;;. The smallest absolute Gasteiger partial charge is 0 e. The van der Waals surface area contributed by atoms with E-state index in [1.807, 2.05) is 0 Å². The summed E-state index contributed by atoms with van der Waals surface area (Å²) in [5, 5.41) is 0. The van der Waals surface area contributed by atoms with Gasteiger partial charge in [0.1, 0.15) is 0 Å². The van der Waals surface area contributed by atoms with Crippen molar-refractivity contribution in [2.75, 3.05) is 0 Å². The topological polar surface area (TPSA) is 77.8 Å². The molecule has 4 nitrogen and oxygen atoms in total. The van der Waals surface area contributed by atoms with Crippen LogP contribution in [0.3, 0.4) is 0 Å². The summed E-state index contributed by atoms with van der Waals surface area (Å²) in [7, 11) is -4.64. The predicted octanol–water partition coefficient (Wildman–Crippen LogP) is -2.77. The van der Waals surface area contributed by atoms with Gasteiger partial charge in [0.15, 0.2) is 17.4 Å². The third-order valence-corrected chi connectivity index (χ3v) is 0. The van der Waals surface area contributed by atoms with E-state index in [1.54, 1.807) is 0 Å². The first-order valence-corrected chi connectivity index (χ1v) is 2.35. The van der Waals surface area contributed by atoms with Gasteiger partial charge in [0, 0.05) is 65.8 Å². The maximum atomic E-state index is 8.88. The Labute approximate surface area is 127 Å². The van der Waals surface area contributed by atoms with E-state index in [2.05, 4.69) is 0 Å². The minimum atomic E-state index is -4.64. The molecule has 1 radical (unpaired) electrons. The second-order valence-corrected chi connectivity index (χ2v) is 1.54. The quantitative estimate of drug-likeness (QED) is 0.333.